The van der Waals surface area contributed by atoms with E-state index in [1.165, 1.54) is 6.42 Å². The van der Waals surface area contributed by atoms with Crippen molar-refractivity contribution in [2.24, 2.45) is 0 Å². The quantitative estimate of drug-likeness (QED) is 0.751. The van der Waals surface area contributed by atoms with E-state index in [4.69, 9.17) is 5.26 Å². The number of aromatic nitrogens is 1. The topological polar surface area (TPSA) is 52.0 Å². The Bertz CT molecular complexity index is 378. The van der Waals surface area contributed by atoms with Crippen LogP contribution in [0.2, 0.25) is 0 Å². The minimum atomic E-state index is 0.596. The third kappa shape index (κ3) is 5.15. The number of pyridine rings is 1. The number of rotatable bonds is 7. The molecule has 18 heavy (non-hydrogen) atoms. The van der Waals surface area contributed by atoms with Gasteiger partial charge in [-0.25, -0.2) is 4.98 Å². The second-order valence-electron chi connectivity index (χ2n) is 4.75. The van der Waals surface area contributed by atoms with Crippen molar-refractivity contribution < 1.29 is 0 Å². The summed E-state index contributed by atoms with van der Waals surface area (Å²) in [5.41, 5.74) is 0.596. The molecule has 4 heteroatoms. The zero-order valence-corrected chi connectivity index (χ0v) is 11.5. The van der Waals surface area contributed by atoms with Crippen molar-refractivity contribution in [1.29, 1.82) is 5.26 Å². The predicted molar refractivity (Wildman–Crippen MR) is 74.4 cm³/mol. The van der Waals surface area contributed by atoms with Crippen LogP contribution in [0.3, 0.4) is 0 Å². The first-order valence-corrected chi connectivity index (χ1v) is 6.43. The van der Waals surface area contributed by atoms with Crippen LogP contribution in [0, 0.1) is 11.3 Å². The summed E-state index contributed by atoms with van der Waals surface area (Å²) in [7, 11) is 2.15. The molecule has 1 aromatic heterocycles. The maximum absolute atomic E-state index is 8.66. The van der Waals surface area contributed by atoms with Crippen molar-refractivity contribution in [3.05, 3.63) is 23.9 Å². The van der Waals surface area contributed by atoms with Crippen molar-refractivity contribution >= 4 is 5.82 Å². The average molecular weight is 246 g/mol. The zero-order chi connectivity index (χ0) is 13.4. The van der Waals surface area contributed by atoms with Crippen LogP contribution in [0.4, 0.5) is 5.82 Å². The Morgan fingerprint density at radius 1 is 1.39 bits per heavy atom. The molecule has 0 unspecified atom stereocenters. The van der Waals surface area contributed by atoms with Crippen LogP contribution in [0.5, 0.6) is 0 Å². The smallest absolute Gasteiger partial charge is 0.125 e. The lowest BCUT2D eigenvalue weighted by Gasteiger charge is -2.20. The lowest BCUT2D eigenvalue weighted by molar-refractivity contribution is 0.269. The van der Waals surface area contributed by atoms with E-state index in [-0.39, 0.29) is 0 Å². The molecule has 98 valence electrons. The fraction of sp³-hybridized carbons (Fsp3) is 0.571. The van der Waals surface area contributed by atoms with Crippen molar-refractivity contribution in [1.82, 2.24) is 9.88 Å². The number of hydrogen-bond acceptors (Lipinski definition) is 4. The van der Waals surface area contributed by atoms with Gasteiger partial charge in [0.05, 0.1) is 5.56 Å². The Morgan fingerprint density at radius 3 is 2.72 bits per heavy atom. The molecule has 0 radical (unpaired) electrons. The largest absolute Gasteiger partial charge is 0.370 e. The summed E-state index contributed by atoms with van der Waals surface area (Å²) in [5.74, 6) is 0.839. The molecule has 0 aliphatic rings. The molecule has 0 bridgehead atoms. The molecule has 0 aliphatic heterocycles. The van der Waals surface area contributed by atoms with Gasteiger partial charge in [-0.15, -0.1) is 0 Å². The molecule has 0 fully saturated rings. The van der Waals surface area contributed by atoms with E-state index in [9.17, 15) is 0 Å². The molecule has 1 N–H and O–H groups in total. The van der Waals surface area contributed by atoms with Gasteiger partial charge in [-0.2, -0.15) is 5.26 Å². The molecule has 1 aromatic rings. The van der Waals surface area contributed by atoms with Gasteiger partial charge in [-0.05, 0) is 52.4 Å². The molecular weight excluding hydrogens is 224 g/mol. The first-order chi connectivity index (χ1) is 8.63. The molecule has 0 amide bonds. The van der Waals surface area contributed by atoms with Crippen LogP contribution in [0.25, 0.3) is 0 Å². The number of unbranched alkanes of at least 4 members (excludes halogenated alkanes) is 1. The Kier molecular flexibility index (Phi) is 6.16. The van der Waals surface area contributed by atoms with Gasteiger partial charge < -0.3 is 10.2 Å². The summed E-state index contributed by atoms with van der Waals surface area (Å²) in [6.07, 6.45) is 3.89. The van der Waals surface area contributed by atoms with Crippen LogP contribution in [0.1, 0.15) is 32.3 Å². The van der Waals surface area contributed by atoms with Gasteiger partial charge in [-0.3, -0.25) is 0 Å². The highest BCUT2D eigenvalue weighted by Crippen LogP contribution is 2.04. The van der Waals surface area contributed by atoms with E-state index < -0.39 is 0 Å². The van der Waals surface area contributed by atoms with Gasteiger partial charge >= 0.3 is 0 Å². The summed E-state index contributed by atoms with van der Waals surface area (Å²) < 4.78 is 0. The zero-order valence-electron chi connectivity index (χ0n) is 11.5. The summed E-state index contributed by atoms with van der Waals surface area (Å²) in [6.45, 7) is 6.46. The second-order valence-corrected chi connectivity index (χ2v) is 4.75. The number of nitrogens with zero attached hydrogens (tertiary/aromatic N) is 3. The number of hydrogen-bond donors (Lipinski definition) is 1. The highest BCUT2D eigenvalue weighted by molar-refractivity contribution is 5.38. The molecule has 0 atom stereocenters. The van der Waals surface area contributed by atoms with Crippen LogP contribution in [-0.2, 0) is 0 Å². The summed E-state index contributed by atoms with van der Waals surface area (Å²) >= 11 is 0. The Hall–Kier alpha value is -1.60. The second kappa shape index (κ2) is 7.67. The molecule has 0 aliphatic carbocycles. The van der Waals surface area contributed by atoms with Gasteiger partial charge in [-0.1, -0.05) is 0 Å². The minimum Gasteiger partial charge on any atom is -0.370 e. The van der Waals surface area contributed by atoms with Crippen molar-refractivity contribution in [3.63, 3.8) is 0 Å². The molecule has 0 saturated carbocycles. The first kappa shape index (κ1) is 14.5. The predicted octanol–water partition coefficient (Wildman–Crippen LogP) is 2.49. The number of anilines is 1. The van der Waals surface area contributed by atoms with E-state index in [0.29, 0.717) is 11.6 Å². The molecule has 0 aromatic carbocycles. The van der Waals surface area contributed by atoms with Gasteiger partial charge in [0, 0.05) is 18.8 Å². The van der Waals surface area contributed by atoms with Crippen LogP contribution >= 0.6 is 0 Å². The average Bonchev–Trinajstić information content (AvgIpc) is 2.38. The lowest BCUT2D eigenvalue weighted by Crippen LogP contribution is -2.27. The van der Waals surface area contributed by atoms with E-state index in [2.05, 4.69) is 42.2 Å². The van der Waals surface area contributed by atoms with Crippen LogP contribution in [0.15, 0.2) is 18.3 Å². The minimum absolute atomic E-state index is 0.596. The maximum atomic E-state index is 8.66. The SMILES string of the molecule is CC(C)N(C)CCCCNc1ccc(C#N)cn1. The number of nitriles is 1. The molecule has 1 heterocycles. The number of nitrogens with one attached hydrogen (secondary N) is 1. The van der Waals surface area contributed by atoms with Gasteiger partial charge in [0.1, 0.15) is 11.9 Å². The molecular formula is C14H22N4. The van der Waals surface area contributed by atoms with E-state index in [1.807, 2.05) is 6.07 Å². The first-order valence-electron chi connectivity index (χ1n) is 6.43. The van der Waals surface area contributed by atoms with Gasteiger partial charge in [0.2, 0.25) is 0 Å². The van der Waals surface area contributed by atoms with Crippen LogP contribution in [-0.4, -0.2) is 36.1 Å². The molecule has 0 spiro atoms. The van der Waals surface area contributed by atoms with Gasteiger partial charge in [0.15, 0.2) is 0 Å². The Balaban J connectivity index is 2.16. The Labute approximate surface area is 110 Å². The molecule has 0 saturated heterocycles. The normalized spacial score (nSPS) is 10.7. The third-order valence-electron chi connectivity index (χ3n) is 3.02. The van der Waals surface area contributed by atoms with E-state index in [1.54, 1.807) is 12.3 Å². The summed E-state index contributed by atoms with van der Waals surface area (Å²) in [5, 5.41) is 11.9. The Morgan fingerprint density at radius 2 is 2.17 bits per heavy atom. The van der Waals surface area contributed by atoms with Gasteiger partial charge in [0.25, 0.3) is 0 Å². The summed E-state index contributed by atoms with van der Waals surface area (Å²) in [4.78, 5) is 6.51. The van der Waals surface area contributed by atoms with Crippen LogP contribution < -0.4 is 5.32 Å². The molecule has 1 rings (SSSR count). The maximum Gasteiger partial charge on any atom is 0.125 e. The van der Waals surface area contributed by atoms with E-state index in [0.717, 1.165) is 25.3 Å². The molecule has 4 nitrogen and oxygen atoms in total. The summed E-state index contributed by atoms with van der Waals surface area (Å²) in [6, 6.07) is 6.29. The standard InChI is InChI=1S/C14H22N4/c1-12(2)18(3)9-5-4-8-16-14-7-6-13(10-15)11-17-14/h6-7,11-12H,4-5,8-9H2,1-3H3,(H,16,17). The fourth-order valence-electron chi connectivity index (χ4n) is 1.53. The third-order valence-corrected chi connectivity index (χ3v) is 3.02. The fourth-order valence-corrected chi connectivity index (χ4v) is 1.53. The van der Waals surface area contributed by atoms with E-state index >= 15 is 0 Å². The highest BCUT2D eigenvalue weighted by atomic mass is 15.1. The lowest BCUT2D eigenvalue weighted by atomic mass is 10.2. The highest BCUT2D eigenvalue weighted by Gasteiger charge is 2.01. The van der Waals surface area contributed by atoms with Crippen molar-refractivity contribution in [3.8, 4) is 6.07 Å². The van der Waals surface area contributed by atoms with Crippen molar-refractivity contribution in [2.45, 2.75) is 32.7 Å². The monoisotopic (exact) mass is 246 g/mol. The van der Waals surface area contributed by atoms with Crippen molar-refractivity contribution in [2.75, 3.05) is 25.5 Å².